The van der Waals surface area contributed by atoms with Crippen LogP contribution < -0.4 is 5.73 Å². The number of nitrogens with two attached hydrogens (primary N) is 1. The van der Waals surface area contributed by atoms with E-state index in [1.807, 2.05) is 0 Å². The van der Waals surface area contributed by atoms with Gasteiger partial charge in [-0.15, -0.1) is 0 Å². The third kappa shape index (κ3) is 6.42. The van der Waals surface area contributed by atoms with Crippen LogP contribution in [0.15, 0.2) is 0 Å². The lowest BCUT2D eigenvalue weighted by Gasteiger charge is -2.26. The van der Waals surface area contributed by atoms with E-state index in [9.17, 15) is 4.79 Å². The number of hydrogen-bond donors (Lipinski definition) is 1. The van der Waals surface area contributed by atoms with Gasteiger partial charge in [-0.2, -0.15) is 0 Å². The lowest BCUT2D eigenvalue weighted by Crippen LogP contribution is -2.24. The summed E-state index contributed by atoms with van der Waals surface area (Å²) < 4.78 is 5.58. The van der Waals surface area contributed by atoms with Gasteiger partial charge < -0.3 is 10.5 Å². The summed E-state index contributed by atoms with van der Waals surface area (Å²) in [6.07, 6.45) is 7.12. The molecule has 1 atom stereocenters. The molecule has 1 unspecified atom stereocenters. The topological polar surface area (TPSA) is 52.3 Å². The molecule has 0 heterocycles. The minimum atomic E-state index is -0.0118. The number of carbonyl (C=O) groups excluding carboxylic acids is 1. The SMILES string of the molecule is CC1CCC(OC(=O)CCC(CCN)C(C)C)CC1. The van der Waals surface area contributed by atoms with Crippen molar-refractivity contribution < 1.29 is 9.53 Å². The Hall–Kier alpha value is -0.570. The Morgan fingerprint density at radius 2 is 1.84 bits per heavy atom. The Morgan fingerprint density at radius 1 is 1.21 bits per heavy atom. The molecule has 0 bridgehead atoms. The van der Waals surface area contributed by atoms with Gasteiger partial charge in [0, 0.05) is 6.42 Å². The summed E-state index contributed by atoms with van der Waals surface area (Å²) in [7, 11) is 0. The van der Waals surface area contributed by atoms with E-state index in [2.05, 4.69) is 20.8 Å². The van der Waals surface area contributed by atoms with E-state index in [1.165, 1.54) is 12.8 Å². The molecule has 1 aliphatic rings. The summed E-state index contributed by atoms with van der Waals surface area (Å²) in [5, 5.41) is 0. The van der Waals surface area contributed by atoms with Gasteiger partial charge in [-0.25, -0.2) is 0 Å². The zero-order valence-electron chi connectivity index (χ0n) is 12.9. The molecule has 0 aromatic rings. The van der Waals surface area contributed by atoms with Crippen LogP contribution in [0.3, 0.4) is 0 Å². The molecule has 0 aromatic carbocycles. The zero-order valence-corrected chi connectivity index (χ0v) is 12.9. The molecule has 3 heteroatoms. The molecule has 2 N–H and O–H groups in total. The Balaban J connectivity index is 2.23. The van der Waals surface area contributed by atoms with E-state index in [0.717, 1.165) is 31.6 Å². The minimum absolute atomic E-state index is 0.0118. The van der Waals surface area contributed by atoms with E-state index in [-0.39, 0.29) is 12.1 Å². The maximum atomic E-state index is 11.9. The normalized spacial score (nSPS) is 25.3. The van der Waals surface area contributed by atoms with Crippen molar-refractivity contribution >= 4 is 5.97 Å². The summed E-state index contributed by atoms with van der Waals surface area (Å²) >= 11 is 0. The highest BCUT2D eigenvalue weighted by Gasteiger charge is 2.22. The van der Waals surface area contributed by atoms with Gasteiger partial charge in [0.05, 0.1) is 0 Å². The molecule has 112 valence electrons. The summed E-state index contributed by atoms with van der Waals surface area (Å²) in [5.41, 5.74) is 5.62. The fraction of sp³-hybridized carbons (Fsp3) is 0.938. The number of carbonyl (C=O) groups is 1. The van der Waals surface area contributed by atoms with E-state index in [1.54, 1.807) is 0 Å². The van der Waals surface area contributed by atoms with Crippen molar-refractivity contribution in [2.24, 2.45) is 23.5 Å². The zero-order chi connectivity index (χ0) is 14.3. The third-order valence-electron chi connectivity index (χ3n) is 4.46. The van der Waals surface area contributed by atoms with Crippen molar-refractivity contribution in [3.8, 4) is 0 Å². The first-order chi connectivity index (χ1) is 9.02. The van der Waals surface area contributed by atoms with Gasteiger partial charge in [0.1, 0.15) is 6.10 Å². The maximum absolute atomic E-state index is 11.9. The highest BCUT2D eigenvalue weighted by Crippen LogP contribution is 2.26. The number of ether oxygens (including phenoxy) is 1. The average Bonchev–Trinajstić information content (AvgIpc) is 2.37. The Kier molecular flexibility index (Phi) is 7.44. The van der Waals surface area contributed by atoms with Crippen molar-refractivity contribution in [1.82, 2.24) is 0 Å². The van der Waals surface area contributed by atoms with Crippen LogP contribution in [0.25, 0.3) is 0 Å². The van der Waals surface area contributed by atoms with Crippen LogP contribution in [0.5, 0.6) is 0 Å². The standard InChI is InChI=1S/C16H31NO2/c1-12(2)14(10-11-17)6-9-16(18)19-15-7-4-13(3)5-8-15/h12-15H,4-11,17H2,1-3H3. The molecule has 1 fully saturated rings. The first-order valence-corrected chi connectivity index (χ1v) is 7.92. The molecule has 0 aliphatic heterocycles. The van der Waals surface area contributed by atoms with Crippen molar-refractivity contribution in [2.45, 2.75) is 71.8 Å². The second-order valence-electron chi connectivity index (χ2n) is 6.49. The van der Waals surface area contributed by atoms with Gasteiger partial charge in [0.2, 0.25) is 0 Å². The number of esters is 1. The predicted octanol–water partition coefficient (Wildman–Crippen LogP) is 3.51. The maximum Gasteiger partial charge on any atom is 0.306 e. The molecule has 1 aliphatic carbocycles. The summed E-state index contributed by atoms with van der Waals surface area (Å²) in [6.45, 7) is 7.39. The lowest BCUT2D eigenvalue weighted by molar-refractivity contribution is -0.151. The first-order valence-electron chi connectivity index (χ1n) is 7.92. The minimum Gasteiger partial charge on any atom is -0.462 e. The van der Waals surface area contributed by atoms with Crippen LogP contribution in [-0.2, 0) is 9.53 Å². The van der Waals surface area contributed by atoms with Crippen molar-refractivity contribution in [2.75, 3.05) is 6.54 Å². The van der Waals surface area contributed by atoms with Crippen molar-refractivity contribution in [3.63, 3.8) is 0 Å². The van der Waals surface area contributed by atoms with Crippen LogP contribution in [0.1, 0.15) is 65.7 Å². The summed E-state index contributed by atoms with van der Waals surface area (Å²) in [5.74, 6) is 1.92. The van der Waals surface area contributed by atoms with Crippen LogP contribution in [0.2, 0.25) is 0 Å². The number of hydrogen-bond acceptors (Lipinski definition) is 3. The van der Waals surface area contributed by atoms with E-state index in [0.29, 0.717) is 24.8 Å². The lowest BCUT2D eigenvalue weighted by atomic mass is 9.88. The van der Waals surface area contributed by atoms with Gasteiger partial charge in [0.25, 0.3) is 0 Å². The monoisotopic (exact) mass is 269 g/mol. The van der Waals surface area contributed by atoms with Crippen LogP contribution in [-0.4, -0.2) is 18.6 Å². The summed E-state index contributed by atoms with van der Waals surface area (Å²) in [6, 6.07) is 0. The van der Waals surface area contributed by atoms with Crippen LogP contribution in [0, 0.1) is 17.8 Å². The Morgan fingerprint density at radius 3 is 2.37 bits per heavy atom. The predicted molar refractivity (Wildman–Crippen MR) is 78.7 cm³/mol. The fourth-order valence-corrected chi connectivity index (χ4v) is 2.92. The second-order valence-corrected chi connectivity index (χ2v) is 6.49. The fourth-order valence-electron chi connectivity index (χ4n) is 2.92. The second kappa shape index (κ2) is 8.57. The van der Waals surface area contributed by atoms with Gasteiger partial charge in [-0.3, -0.25) is 4.79 Å². The third-order valence-corrected chi connectivity index (χ3v) is 4.46. The molecule has 0 amide bonds. The van der Waals surface area contributed by atoms with Crippen molar-refractivity contribution in [1.29, 1.82) is 0 Å². The number of rotatable bonds is 7. The molecule has 3 nitrogen and oxygen atoms in total. The molecular formula is C16H31NO2. The smallest absolute Gasteiger partial charge is 0.306 e. The van der Waals surface area contributed by atoms with E-state index < -0.39 is 0 Å². The molecular weight excluding hydrogens is 238 g/mol. The van der Waals surface area contributed by atoms with Gasteiger partial charge >= 0.3 is 5.97 Å². The average molecular weight is 269 g/mol. The van der Waals surface area contributed by atoms with Gasteiger partial charge in [-0.1, -0.05) is 20.8 Å². The van der Waals surface area contributed by atoms with Gasteiger partial charge in [0.15, 0.2) is 0 Å². The van der Waals surface area contributed by atoms with Crippen LogP contribution in [0.4, 0.5) is 0 Å². The van der Waals surface area contributed by atoms with E-state index in [4.69, 9.17) is 10.5 Å². The van der Waals surface area contributed by atoms with Gasteiger partial charge in [-0.05, 0) is 62.8 Å². The highest BCUT2D eigenvalue weighted by molar-refractivity contribution is 5.69. The molecule has 0 saturated heterocycles. The summed E-state index contributed by atoms with van der Waals surface area (Å²) in [4.78, 5) is 11.9. The molecule has 0 radical (unpaired) electrons. The van der Waals surface area contributed by atoms with Crippen molar-refractivity contribution in [3.05, 3.63) is 0 Å². The molecule has 1 saturated carbocycles. The quantitative estimate of drug-likeness (QED) is 0.720. The Bertz CT molecular complexity index is 257. The molecule has 1 rings (SSSR count). The molecule has 19 heavy (non-hydrogen) atoms. The van der Waals surface area contributed by atoms with Crippen LogP contribution >= 0.6 is 0 Å². The first kappa shape index (κ1) is 16.5. The molecule has 0 spiro atoms. The molecule has 0 aromatic heterocycles. The highest BCUT2D eigenvalue weighted by atomic mass is 16.5. The Labute approximate surface area is 118 Å². The van der Waals surface area contributed by atoms with E-state index >= 15 is 0 Å². The largest absolute Gasteiger partial charge is 0.462 e.